The monoisotopic (exact) mass is 247 g/mol. The molecule has 0 bridgehead atoms. The Bertz CT molecular complexity index is 657. The molecule has 0 radical (unpaired) electrons. The van der Waals surface area contributed by atoms with Crippen molar-refractivity contribution in [2.75, 3.05) is 0 Å². The van der Waals surface area contributed by atoms with Gasteiger partial charge >= 0.3 is 0 Å². The lowest BCUT2D eigenvalue weighted by atomic mass is 10.2. The van der Waals surface area contributed by atoms with Gasteiger partial charge in [-0.2, -0.15) is 0 Å². The van der Waals surface area contributed by atoms with Gasteiger partial charge in [0.2, 0.25) is 0 Å². The zero-order valence-electron chi connectivity index (χ0n) is 8.25. The van der Waals surface area contributed by atoms with Gasteiger partial charge in [-0.05, 0) is 18.2 Å². The molecule has 0 atom stereocenters. The van der Waals surface area contributed by atoms with Crippen LogP contribution >= 0.6 is 15.9 Å². The molecular weight excluding hydrogens is 240 g/mol. The third-order valence-corrected chi connectivity index (χ3v) is 2.95. The predicted molar refractivity (Wildman–Crippen MR) is 61.4 cm³/mol. The van der Waals surface area contributed by atoms with E-state index < -0.39 is 0 Å². The first kappa shape index (κ1) is 7.07. The van der Waals surface area contributed by atoms with E-state index in [4.69, 9.17) is 5.79 Å². The number of furan rings is 1. The molecule has 0 spiro atoms. The number of hydrogen-bond donors (Lipinski definition) is 0. The second kappa shape index (κ2) is 2.85. The maximum Gasteiger partial charge on any atom is 0.136 e. The molecular formula is C12H7BrO. The van der Waals surface area contributed by atoms with E-state index in [0.717, 1.165) is 26.4 Å². The molecule has 1 aromatic heterocycles. The molecule has 3 aromatic rings. The van der Waals surface area contributed by atoms with Crippen LogP contribution in [0.1, 0.15) is 1.37 Å². The van der Waals surface area contributed by atoms with E-state index in [1.807, 2.05) is 30.3 Å². The van der Waals surface area contributed by atoms with Crippen LogP contribution in [0.4, 0.5) is 0 Å². The zero-order valence-corrected chi connectivity index (χ0v) is 8.84. The highest BCUT2D eigenvalue weighted by Gasteiger charge is 2.07. The van der Waals surface area contributed by atoms with E-state index in [0.29, 0.717) is 6.04 Å². The number of benzene rings is 2. The van der Waals surface area contributed by atoms with Gasteiger partial charge in [0.05, 0.1) is 1.37 Å². The van der Waals surface area contributed by atoms with Crippen molar-refractivity contribution in [3.05, 3.63) is 46.9 Å². The second-order valence-corrected chi connectivity index (χ2v) is 3.99. The standard InChI is InChI=1S/C12H7BrO/c13-9-5-3-7-11-12(9)8-4-1-2-6-10(8)14-11/h1-7H/i1D. The molecule has 68 valence electrons. The summed E-state index contributed by atoms with van der Waals surface area (Å²) in [6.07, 6.45) is 0. The largest absolute Gasteiger partial charge is 0.456 e. The van der Waals surface area contributed by atoms with Crippen LogP contribution < -0.4 is 0 Å². The normalized spacial score (nSPS) is 12.2. The number of fused-ring (bicyclic) bond motifs is 3. The van der Waals surface area contributed by atoms with E-state index >= 15 is 0 Å². The molecule has 0 fully saturated rings. The number of para-hydroxylation sites is 1. The van der Waals surface area contributed by atoms with Crippen LogP contribution in [0.2, 0.25) is 0 Å². The molecule has 14 heavy (non-hydrogen) atoms. The number of rotatable bonds is 0. The van der Waals surface area contributed by atoms with Crippen LogP contribution in [0, 0.1) is 0 Å². The summed E-state index contributed by atoms with van der Waals surface area (Å²) < 4.78 is 14.3. The number of hydrogen-bond acceptors (Lipinski definition) is 1. The second-order valence-electron chi connectivity index (χ2n) is 3.14. The lowest BCUT2D eigenvalue weighted by Crippen LogP contribution is -1.67. The summed E-state index contributed by atoms with van der Waals surface area (Å²) in [4.78, 5) is 0. The van der Waals surface area contributed by atoms with Gasteiger partial charge in [-0.1, -0.05) is 40.2 Å². The maximum atomic E-state index is 7.60. The minimum Gasteiger partial charge on any atom is -0.456 e. The fourth-order valence-corrected chi connectivity index (χ4v) is 2.23. The number of halogens is 1. The van der Waals surface area contributed by atoms with Crippen molar-refractivity contribution in [1.29, 1.82) is 0 Å². The zero-order chi connectivity index (χ0) is 10.4. The van der Waals surface area contributed by atoms with E-state index in [2.05, 4.69) is 15.9 Å². The fraction of sp³-hybridized carbons (Fsp3) is 0. The summed E-state index contributed by atoms with van der Waals surface area (Å²) in [5.41, 5.74) is 1.68. The van der Waals surface area contributed by atoms with Gasteiger partial charge in [0.1, 0.15) is 11.2 Å². The van der Waals surface area contributed by atoms with E-state index in [-0.39, 0.29) is 0 Å². The van der Waals surface area contributed by atoms with Crippen LogP contribution in [0.3, 0.4) is 0 Å². The first-order valence-corrected chi connectivity index (χ1v) is 5.12. The molecule has 0 amide bonds. The van der Waals surface area contributed by atoms with Gasteiger partial charge in [-0.25, -0.2) is 0 Å². The molecule has 0 saturated heterocycles. The molecule has 2 heteroatoms. The third kappa shape index (κ3) is 1.01. The first-order valence-electron chi connectivity index (χ1n) is 4.83. The van der Waals surface area contributed by atoms with E-state index in [1.165, 1.54) is 0 Å². The van der Waals surface area contributed by atoms with Crippen molar-refractivity contribution >= 4 is 37.9 Å². The molecule has 3 rings (SSSR count). The summed E-state index contributed by atoms with van der Waals surface area (Å²) in [5, 5.41) is 2.03. The summed E-state index contributed by atoms with van der Waals surface area (Å²) in [6.45, 7) is 0. The Morgan fingerprint density at radius 2 is 1.93 bits per heavy atom. The van der Waals surface area contributed by atoms with Crippen LogP contribution in [0.25, 0.3) is 21.9 Å². The van der Waals surface area contributed by atoms with Crippen molar-refractivity contribution < 1.29 is 5.79 Å². The molecule has 0 aliphatic carbocycles. The van der Waals surface area contributed by atoms with Crippen LogP contribution in [-0.4, -0.2) is 0 Å². The topological polar surface area (TPSA) is 13.1 Å². The summed E-state index contributed by atoms with van der Waals surface area (Å²) >= 11 is 3.50. The maximum absolute atomic E-state index is 7.60. The Hall–Kier alpha value is -1.28. The lowest BCUT2D eigenvalue weighted by molar-refractivity contribution is 0.669. The molecule has 0 aliphatic rings. The summed E-state index contributed by atoms with van der Waals surface area (Å²) in [6, 6.07) is 11.8. The Morgan fingerprint density at radius 3 is 2.86 bits per heavy atom. The minimum absolute atomic E-state index is 0.501. The SMILES string of the molecule is [2H]c1ccc2oc3cccc(Br)c3c2c1. The molecule has 1 nitrogen and oxygen atoms in total. The van der Waals surface area contributed by atoms with Crippen molar-refractivity contribution in [2.24, 2.45) is 0 Å². The van der Waals surface area contributed by atoms with Crippen LogP contribution in [-0.2, 0) is 0 Å². The van der Waals surface area contributed by atoms with Gasteiger partial charge in [-0.15, -0.1) is 0 Å². The highest BCUT2D eigenvalue weighted by molar-refractivity contribution is 9.10. The summed E-state index contributed by atoms with van der Waals surface area (Å²) in [7, 11) is 0. The highest BCUT2D eigenvalue weighted by Crippen LogP contribution is 2.33. The molecule has 0 unspecified atom stereocenters. The van der Waals surface area contributed by atoms with Crippen LogP contribution in [0.5, 0.6) is 0 Å². The molecule has 2 aromatic carbocycles. The molecule has 1 heterocycles. The van der Waals surface area contributed by atoms with Gasteiger partial charge in [0.25, 0.3) is 0 Å². The predicted octanol–water partition coefficient (Wildman–Crippen LogP) is 4.35. The third-order valence-electron chi connectivity index (χ3n) is 2.29. The molecule has 0 aliphatic heterocycles. The molecule has 0 N–H and O–H groups in total. The molecule has 0 saturated carbocycles. The average Bonchev–Trinajstić information content (AvgIpc) is 2.57. The fourth-order valence-electron chi connectivity index (χ4n) is 1.67. The average molecular weight is 248 g/mol. The van der Waals surface area contributed by atoms with Crippen molar-refractivity contribution in [2.45, 2.75) is 0 Å². The first-order chi connectivity index (χ1) is 7.25. The van der Waals surface area contributed by atoms with Crippen molar-refractivity contribution in [3.8, 4) is 0 Å². The van der Waals surface area contributed by atoms with Gasteiger partial charge in [0, 0.05) is 15.2 Å². The van der Waals surface area contributed by atoms with Gasteiger partial charge < -0.3 is 4.42 Å². The smallest absolute Gasteiger partial charge is 0.136 e. The van der Waals surface area contributed by atoms with Gasteiger partial charge in [0.15, 0.2) is 0 Å². The lowest BCUT2D eigenvalue weighted by Gasteiger charge is -1.91. The van der Waals surface area contributed by atoms with Gasteiger partial charge in [-0.3, -0.25) is 0 Å². The quantitative estimate of drug-likeness (QED) is 0.576. The highest BCUT2D eigenvalue weighted by atomic mass is 79.9. The Balaban J connectivity index is 2.61. The minimum atomic E-state index is 0.501. The van der Waals surface area contributed by atoms with E-state index in [9.17, 15) is 0 Å². The Labute approximate surface area is 90.9 Å². The van der Waals surface area contributed by atoms with Crippen molar-refractivity contribution in [1.82, 2.24) is 0 Å². The van der Waals surface area contributed by atoms with E-state index in [1.54, 1.807) is 6.07 Å². The van der Waals surface area contributed by atoms with Crippen LogP contribution in [0.15, 0.2) is 51.3 Å². The van der Waals surface area contributed by atoms with Crippen molar-refractivity contribution in [3.63, 3.8) is 0 Å². The summed E-state index contributed by atoms with van der Waals surface area (Å²) in [5.74, 6) is 0. The Kier molecular flexibility index (Phi) is 1.44. The Morgan fingerprint density at radius 1 is 1.07 bits per heavy atom.